The van der Waals surface area contributed by atoms with E-state index in [-0.39, 0.29) is 17.4 Å². The van der Waals surface area contributed by atoms with Crippen LogP contribution in [0.15, 0.2) is 66.7 Å². The van der Waals surface area contributed by atoms with E-state index < -0.39 is 42.1 Å². The lowest BCUT2D eigenvalue weighted by Gasteiger charge is -2.44. The Morgan fingerprint density at radius 2 is 1.68 bits per heavy atom. The van der Waals surface area contributed by atoms with E-state index in [0.717, 1.165) is 22.4 Å². The van der Waals surface area contributed by atoms with E-state index in [4.69, 9.17) is 0 Å². The van der Waals surface area contributed by atoms with E-state index in [1.807, 2.05) is 42.5 Å². The molecule has 0 aromatic heterocycles. The number of aliphatic hydroxyl groups excluding tert-OH is 1. The van der Waals surface area contributed by atoms with E-state index >= 15 is 4.39 Å². The molecule has 5 nitrogen and oxygen atoms in total. The highest BCUT2D eigenvalue weighted by atomic mass is 19.4. The predicted molar refractivity (Wildman–Crippen MR) is 178 cm³/mol. The second-order valence-electron chi connectivity index (χ2n) is 14.2. The molecule has 0 spiro atoms. The predicted octanol–water partition coefficient (Wildman–Crippen LogP) is 8.41. The van der Waals surface area contributed by atoms with E-state index in [2.05, 4.69) is 32.2 Å². The minimum atomic E-state index is -4.20. The summed E-state index contributed by atoms with van der Waals surface area (Å²) < 4.78 is 55.2. The molecule has 47 heavy (non-hydrogen) atoms. The summed E-state index contributed by atoms with van der Waals surface area (Å²) in [6.07, 6.45) is -1.95. The number of piperidine rings is 1. The lowest BCUT2D eigenvalue weighted by molar-refractivity contribution is -0.175. The van der Waals surface area contributed by atoms with Gasteiger partial charge in [0.2, 0.25) is 0 Å². The molecule has 3 unspecified atom stereocenters. The number of carbonyl (C=O) groups is 1. The van der Waals surface area contributed by atoms with Gasteiger partial charge >= 0.3 is 6.18 Å². The number of likely N-dealkylation sites (tertiary alicyclic amines) is 2. The molecule has 254 valence electrons. The van der Waals surface area contributed by atoms with Gasteiger partial charge < -0.3 is 15.3 Å². The summed E-state index contributed by atoms with van der Waals surface area (Å²) in [4.78, 5) is 17.3. The minimum absolute atomic E-state index is 0.0363. The van der Waals surface area contributed by atoms with Crippen molar-refractivity contribution in [2.45, 2.75) is 96.1 Å². The second-order valence-corrected chi connectivity index (χ2v) is 14.2. The molecule has 2 saturated heterocycles. The molecule has 1 amide bonds. The summed E-state index contributed by atoms with van der Waals surface area (Å²) in [5, 5.41) is 15.0. The first kappa shape index (κ1) is 34.9. The maximum atomic E-state index is 15.1. The minimum Gasteiger partial charge on any atom is -0.373 e. The van der Waals surface area contributed by atoms with E-state index in [1.54, 1.807) is 28.9 Å². The number of benzene rings is 3. The normalized spacial score (nSPS) is 21.6. The number of anilines is 1. The van der Waals surface area contributed by atoms with E-state index in [1.165, 1.54) is 6.07 Å². The van der Waals surface area contributed by atoms with Gasteiger partial charge in [-0.1, -0.05) is 69.3 Å². The van der Waals surface area contributed by atoms with Gasteiger partial charge in [-0.05, 0) is 104 Å². The Balaban J connectivity index is 1.38. The topological polar surface area (TPSA) is 55.8 Å². The summed E-state index contributed by atoms with van der Waals surface area (Å²) in [5.74, 6) is -1.38. The van der Waals surface area contributed by atoms with Crippen molar-refractivity contribution in [1.82, 2.24) is 9.80 Å². The number of rotatable bonds is 9. The van der Waals surface area contributed by atoms with Crippen molar-refractivity contribution in [3.05, 3.63) is 100 Å². The number of hydrogen-bond donors (Lipinski definition) is 2. The molecule has 3 aromatic carbocycles. The fraction of sp³-hybridized carbons (Fsp3) is 0.500. The summed E-state index contributed by atoms with van der Waals surface area (Å²) in [6, 6.07) is 18.5. The van der Waals surface area contributed by atoms with Gasteiger partial charge in [0.15, 0.2) is 0 Å². The molecule has 4 atom stereocenters. The molecule has 0 bridgehead atoms. The second kappa shape index (κ2) is 14.4. The van der Waals surface area contributed by atoms with Crippen LogP contribution >= 0.6 is 0 Å². The zero-order valence-corrected chi connectivity index (χ0v) is 27.8. The van der Waals surface area contributed by atoms with Crippen LogP contribution in [0, 0.1) is 18.7 Å². The molecule has 2 aliphatic heterocycles. The molecule has 0 saturated carbocycles. The number of hydrogen-bond acceptors (Lipinski definition) is 4. The first-order chi connectivity index (χ1) is 22.2. The van der Waals surface area contributed by atoms with E-state index in [9.17, 15) is 23.1 Å². The van der Waals surface area contributed by atoms with Crippen LogP contribution in [0.4, 0.5) is 23.2 Å². The summed E-state index contributed by atoms with van der Waals surface area (Å²) in [6.45, 7) is 9.37. The largest absolute Gasteiger partial charge is 0.404 e. The van der Waals surface area contributed by atoms with Crippen molar-refractivity contribution in [2.24, 2.45) is 5.92 Å². The summed E-state index contributed by atoms with van der Waals surface area (Å²) in [5.41, 5.74) is 4.22. The quantitative estimate of drug-likeness (QED) is 0.180. The SMILES string of the molecule is Cc1cccc(F)c1C(=O)N1CCCC(C(O)Nc2cccc(C(C)(C)C)c2)C1c1ccc(CCCN2CCC[C@@H]2C(F)(F)F)cc1. The smallest absolute Gasteiger partial charge is 0.373 e. The van der Waals surface area contributed by atoms with Gasteiger partial charge in [-0.25, -0.2) is 4.39 Å². The van der Waals surface area contributed by atoms with Gasteiger partial charge in [0.05, 0.1) is 11.6 Å². The van der Waals surface area contributed by atoms with Crippen LogP contribution in [-0.2, 0) is 11.8 Å². The molecule has 3 aromatic rings. The maximum absolute atomic E-state index is 15.1. The Morgan fingerprint density at radius 3 is 2.36 bits per heavy atom. The van der Waals surface area contributed by atoms with Crippen LogP contribution in [-0.4, -0.2) is 58.9 Å². The monoisotopic (exact) mass is 653 g/mol. The van der Waals surface area contributed by atoms with Crippen LogP contribution < -0.4 is 5.32 Å². The van der Waals surface area contributed by atoms with Crippen molar-refractivity contribution in [1.29, 1.82) is 0 Å². The van der Waals surface area contributed by atoms with Crippen LogP contribution in [0.5, 0.6) is 0 Å². The first-order valence-electron chi connectivity index (χ1n) is 16.7. The molecule has 2 N–H and O–H groups in total. The highest BCUT2D eigenvalue weighted by Crippen LogP contribution is 2.40. The Kier molecular flexibility index (Phi) is 10.7. The number of halogens is 4. The fourth-order valence-corrected chi connectivity index (χ4v) is 7.24. The number of amides is 1. The Morgan fingerprint density at radius 1 is 0.979 bits per heavy atom. The van der Waals surface area contributed by atoms with Crippen molar-refractivity contribution in [3.63, 3.8) is 0 Å². The van der Waals surface area contributed by atoms with Gasteiger partial charge in [-0.15, -0.1) is 0 Å². The van der Waals surface area contributed by atoms with Crippen LogP contribution in [0.3, 0.4) is 0 Å². The third-order valence-electron chi connectivity index (χ3n) is 9.80. The summed E-state index contributed by atoms with van der Waals surface area (Å²) in [7, 11) is 0. The average Bonchev–Trinajstić information content (AvgIpc) is 3.50. The summed E-state index contributed by atoms with van der Waals surface area (Å²) >= 11 is 0. The maximum Gasteiger partial charge on any atom is 0.404 e. The molecule has 5 rings (SSSR count). The molecule has 2 heterocycles. The van der Waals surface area contributed by atoms with Gasteiger partial charge in [-0.3, -0.25) is 9.69 Å². The zero-order chi connectivity index (χ0) is 33.9. The van der Waals surface area contributed by atoms with Crippen LogP contribution in [0.25, 0.3) is 0 Å². The number of alkyl halides is 3. The molecule has 2 fully saturated rings. The third-order valence-corrected chi connectivity index (χ3v) is 9.80. The van der Waals surface area contributed by atoms with Crippen molar-refractivity contribution < 1.29 is 27.5 Å². The van der Waals surface area contributed by atoms with Gasteiger partial charge in [0, 0.05) is 18.2 Å². The standard InChI is InChI=1S/C38H47F4N3O2/c1-25-10-5-15-31(39)33(25)36(47)45-23-8-14-30(35(46)43-29-13-6-12-28(24-29)37(2,3)4)34(45)27-19-17-26(18-20-27)11-7-21-44-22-9-16-32(44)38(40,41)42/h5-6,10,12-13,15,17-20,24,30,32,34-35,43,46H,7-9,11,14,16,21-23H2,1-4H3/t30?,32-,34?,35?/m1/s1. The zero-order valence-electron chi connectivity index (χ0n) is 27.8. The van der Waals surface area contributed by atoms with Crippen molar-refractivity contribution in [2.75, 3.05) is 25.0 Å². The Labute approximate surface area is 276 Å². The highest BCUT2D eigenvalue weighted by Gasteiger charge is 2.45. The van der Waals surface area contributed by atoms with Gasteiger partial charge in [0.25, 0.3) is 5.91 Å². The van der Waals surface area contributed by atoms with E-state index in [0.29, 0.717) is 57.3 Å². The molecule has 0 radical (unpaired) electrons. The number of aliphatic hydroxyl groups is 1. The van der Waals surface area contributed by atoms with Crippen molar-refractivity contribution >= 4 is 11.6 Å². The highest BCUT2D eigenvalue weighted by molar-refractivity contribution is 5.96. The number of carbonyl (C=O) groups excluding carboxylic acids is 1. The third kappa shape index (κ3) is 8.18. The number of aryl methyl sites for hydroxylation is 2. The molecule has 0 aliphatic carbocycles. The van der Waals surface area contributed by atoms with Crippen LogP contribution in [0.1, 0.15) is 91.5 Å². The molecule has 9 heteroatoms. The van der Waals surface area contributed by atoms with Crippen molar-refractivity contribution in [3.8, 4) is 0 Å². The lowest BCUT2D eigenvalue weighted by Crippen LogP contribution is -2.48. The first-order valence-corrected chi connectivity index (χ1v) is 16.7. The Bertz CT molecular complexity index is 1500. The molecule has 2 aliphatic rings. The Hall–Kier alpha value is -3.43. The molecular weight excluding hydrogens is 606 g/mol. The number of nitrogens with zero attached hydrogens (tertiary/aromatic N) is 2. The number of nitrogens with one attached hydrogen (secondary N) is 1. The van der Waals surface area contributed by atoms with Gasteiger partial charge in [0.1, 0.15) is 18.1 Å². The average molecular weight is 654 g/mol. The van der Waals surface area contributed by atoms with Crippen LogP contribution in [0.2, 0.25) is 0 Å². The van der Waals surface area contributed by atoms with Gasteiger partial charge in [-0.2, -0.15) is 13.2 Å². The lowest BCUT2D eigenvalue weighted by atomic mass is 9.82. The fourth-order valence-electron chi connectivity index (χ4n) is 7.24. The molecular formula is C38H47F4N3O2.